The lowest BCUT2D eigenvalue weighted by Gasteiger charge is -2.40. The summed E-state index contributed by atoms with van der Waals surface area (Å²) in [7, 11) is 1.58. The van der Waals surface area contributed by atoms with Crippen molar-refractivity contribution >= 4 is 22.5 Å². The van der Waals surface area contributed by atoms with Gasteiger partial charge in [0.05, 0.1) is 43.0 Å². The molecule has 3 aromatic rings. The number of amides is 1. The molecule has 3 heterocycles. The van der Waals surface area contributed by atoms with Crippen LogP contribution in [-0.4, -0.2) is 90.6 Å². The molecule has 2 aromatic carbocycles. The van der Waals surface area contributed by atoms with Crippen molar-refractivity contribution in [1.82, 2.24) is 20.3 Å². The van der Waals surface area contributed by atoms with E-state index in [9.17, 15) is 28.3 Å². The first-order valence-electron chi connectivity index (χ1n) is 15.2. The number of hydrogen-bond donors (Lipinski definition) is 4. The number of hydroxylamine groups is 1. The van der Waals surface area contributed by atoms with E-state index in [-0.39, 0.29) is 18.7 Å². The minimum Gasteiger partial charge on any atom is -0.497 e. The molecule has 45 heavy (non-hydrogen) atoms. The van der Waals surface area contributed by atoms with Crippen LogP contribution in [0.1, 0.15) is 42.9 Å². The molecule has 0 radical (unpaired) electrons. The molecule has 0 spiro atoms. The van der Waals surface area contributed by atoms with Crippen molar-refractivity contribution in [2.45, 2.75) is 38.3 Å². The normalized spacial score (nSPS) is 18.1. The number of morpholine rings is 1. The van der Waals surface area contributed by atoms with Crippen molar-refractivity contribution in [3.63, 3.8) is 0 Å². The predicted molar refractivity (Wildman–Crippen MR) is 161 cm³/mol. The second kappa shape index (κ2) is 14.7. The van der Waals surface area contributed by atoms with Crippen LogP contribution in [0.15, 0.2) is 36.5 Å². The lowest BCUT2D eigenvalue weighted by molar-refractivity contribution is -0.143. The van der Waals surface area contributed by atoms with Crippen LogP contribution in [0.4, 0.5) is 18.9 Å². The number of nitrogens with zero attached hydrogens (tertiary/aromatic N) is 3. The second-order valence-electron chi connectivity index (χ2n) is 11.8. The van der Waals surface area contributed by atoms with E-state index in [0.717, 1.165) is 41.2 Å². The van der Waals surface area contributed by atoms with Gasteiger partial charge in [-0.2, -0.15) is 0 Å². The number of methoxy groups -OCH3 is 1. The third-order valence-corrected chi connectivity index (χ3v) is 9.06. The lowest BCUT2D eigenvalue weighted by Crippen LogP contribution is -2.49. The first-order chi connectivity index (χ1) is 21.7. The Bertz CT molecular complexity index is 1480. The number of halogens is 3. The van der Waals surface area contributed by atoms with E-state index in [1.54, 1.807) is 13.3 Å². The van der Waals surface area contributed by atoms with E-state index in [2.05, 4.69) is 20.1 Å². The van der Waals surface area contributed by atoms with Gasteiger partial charge in [-0.1, -0.05) is 0 Å². The van der Waals surface area contributed by atoms with Crippen LogP contribution in [0.2, 0.25) is 0 Å². The van der Waals surface area contributed by atoms with Gasteiger partial charge in [0, 0.05) is 56.4 Å². The summed E-state index contributed by atoms with van der Waals surface area (Å²) in [5.74, 6) is -3.13. The molecule has 2 aliphatic heterocycles. The van der Waals surface area contributed by atoms with Crippen LogP contribution in [0.25, 0.3) is 10.9 Å². The highest BCUT2D eigenvalue weighted by Crippen LogP contribution is 2.40. The van der Waals surface area contributed by atoms with Crippen LogP contribution < -0.4 is 15.5 Å². The van der Waals surface area contributed by atoms with Gasteiger partial charge in [-0.25, -0.2) is 18.7 Å². The van der Waals surface area contributed by atoms with Crippen molar-refractivity contribution in [3.8, 4) is 5.75 Å². The van der Waals surface area contributed by atoms with Crippen molar-refractivity contribution in [1.29, 1.82) is 0 Å². The number of hydrogen-bond acceptors (Lipinski definition) is 9. The van der Waals surface area contributed by atoms with Crippen molar-refractivity contribution in [2.24, 2.45) is 5.41 Å². The quantitative estimate of drug-likeness (QED) is 0.134. The molecule has 244 valence electrons. The Balaban J connectivity index is 1.27. The van der Waals surface area contributed by atoms with Crippen molar-refractivity contribution in [3.05, 3.63) is 65.1 Å². The molecule has 1 aromatic heterocycles. The first-order valence-corrected chi connectivity index (χ1v) is 15.2. The molecular weight excluding hydrogens is 591 g/mol. The highest BCUT2D eigenvalue weighted by Gasteiger charge is 2.41. The van der Waals surface area contributed by atoms with E-state index >= 15 is 0 Å². The molecule has 2 aliphatic rings. The van der Waals surface area contributed by atoms with E-state index in [1.807, 2.05) is 23.7 Å². The standard InChI is InChI=1S/C32H40F3N5O5/c1-44-23-2-3-26-24(18-23)29(21(19-37-26)20-40-12-14-45-15-13-40)28(41)4-5-32(31(42)38-43)6-9-39(10-7-32)11-8-36-27-17-22(33)16-25(34)30(27)35/h2-3,16-19,28,36,41,43H,4-15,20H2,1H3,(H,38,42). The Morgan fingerprint density at radius 3 is 2.58 bits per heavy atom. The summed E-state index contributed by atoms with van der Waals surface area (Å²) in [6.45, 7) is 5.10. The number of carbonyl (C=O) groups is 1. The molecule has 1 unspecified atom stereocenters. The number of piperidine rings is 1. The van der Waals surface area contributed by atoms with Crippen LogP contribution in [-0.2, 0) is 16.1 Å². The maximum Gasteiger partial charge on any atom is 0.249 e. The number of nitrogens with one attached hydrogen (secondary N) is 2. The number of ether oxygens (including phenoxy) is 2. The minimum absolute atomic E-state index is 0.238. The van der Waals surface area contributed by atoms with Gasteiger partial charge in [-0.05, 0) is 68.1 Å². The van der Waals surface area contributed by atoms with E-state index in [1.165, 1.54) is 0 Å². The Kier molecular flexibility index (Phi) is 10.8. The Morgan fingerprint density at radius 1 is 1.11 bits per heavy atom. The van der Waals surface area contributed by atoms with Crippen LogP contribution in [0.5, 0.6) is 5.75 Å². The molecule has 1 amide bonds. The number of benzene rings is 2. The van der Waals surface area contributed by atoms with Gasteiger partial charge in [0.25, 0.3) is 0 Å². The summed E-state index contributed by atoms with van der Waals surface area (Å²) in [4.78, 5) is 22.0. The van der Waals surface area contributed by atoms with Gasteiger partial charge in [0.15, 0.2) is 11.6 Å². The number of carbonyl (C=O) groups excluding carboxylic acids is 1. The van der Waals surface area contributed by atoms with E-state index in [0.29, 0.717) is 70.5 Å². The van der Waals surface area contributed by atoms with Crippen LogP contribution in [0.3, 0.4) is 0 Å². The average Bonchev–Trinajstić information content (AvgIpc) is 3.06. The van der Waals surface area contributed by atoms with Crippen molar-refractivity contribution in [2.75, 3.05) is 64.9 Å². The lowest BCUT2D eigenvalue weighted by atomic mass is 9.73. The molecule has 2 fully saturated rings. The fourth-order valence-corrected chi connectivity index (χ4v) is 6.38. The zero-order chi connectivity index (χ0) is 32.0. The van der Waals surface area contributed by atoms with Crippen molar-refractivity contribution < 1.29 is 37.8 Å². The highest BCUT2D eigenvalue weighted by molar-refractivity contribution is 5.85. The molecule has 1 atom stereocenters. The number of rotatable bonds is 12. The summed E-state index contributed by atoms with van der Waals surface area (Å²) in [5.41, 5.74) is 3.03. The van der Waals surface area contributed by atoms with Gasteiger partial charge in [0.2, 0.25) is 5.91 Å². The SMILES string of the molecule is COc1ccc2ncc(CN3CCOCC3)c(C(O)CCC3(C(=O)NO)CCN(CCNc4cc(F)cc(F)c4F)CC3)c2c1. The van der Waals surface area contributed by atoms with Gasteiger partial charge < -0.3 is 24.8 Å². The minimum atomic E-state index is -1.26. The first kappa shape index (κ1) is 32.9. The molecule has 0 aliphatic carbocycles. The van der Waals surface area contributed by atoms with Gasteiger partial charge in [-0.3, -0.25) is 19.9 Å². The Morgan fingerprint density at radius 2 is 1.87 bits per heavy atom. The number of aliphatic hydroxyl groups is 1. The summed E-state index contributed by atoms with van der Waals surface area (Å²) < 4.78 is 52.0. The molecule has 13 heteroatoms. The third kappa shape index (κ3) is 7.67. The summed E-state index contributed by atoms with van der Waals surface area (Å²) in [5, 5.41) is 24.9. The van der Waals surface area contributed by atoms with Gasteiger partial charge in [0.1, 0.15) is 11.6 Å². The largest absolute Gasteiger partial charge is 0.497 e. The molecule has 5 rings (SSSR count). The number of anilines is 1. The second-order valence-corrected chi connectivity index (χ2v) is 11.8. The maximum atomic E-state index is 14.0. The summed E-state index contributed by atoms with van der Waals surface area (Å²) >= 11 is 0. The smallest absolute Gasteiger partial charge is 0.249 e. The van der Waals surface area contributed by atoms with Crippen LogP contribution >= 0.6 is 0 Å². The van der Waals surface area contributed by atoms with Gasteiger partial charge in [-0.15, -0.1) is 0 Å². The summed E-state index contributed by atoms with van der Waals surface area (Å²) in [6, 6.07) is 6.95. The topological polar surface area (TPSA) is 119 Å². The average molecular weight is 632 g/mol. The summed E-state index contributed by atoms with van der Waals surface area (Å²) in [6.07, 6.45) is 2.32. The Labute approximate surface area is 260 Å². The van der Waals surface area contributed by atoms with E-state index in [4.69, 9.17) is 9.47 Å². The number of aromatic nitrogens is 1. The fourth-order valence-electron chi connectivity index (χ4n) is 6.38. The third-order valence-electron chi connectivity index (χ3n) is 9.06. The molecule has 0 bridgehead atoms. The predicted octanol–water partition coefficient (Wildman–Crippen LogP) is 4.01. The molecule has 4 N–H and O–H groups in total. The fraction of sp³-hybridized carbons (Fsp3) is 0.500. The maximum absolute atomic E-state index is 14.0. The molecular formula is C32H40F3N5O5. The highest BCUT2D eigenvalue weighted by atomic mass is 19.2. The number of likely N-dealkylation sites (tertiary alicyclic amines) is 1. The van der Waals surface area contributed by atoms with Gasteiger partial charge >= 0.3 is 0 Å². The molecule has 2 saturated heterocycles. The molecule has 10 nitrogen and oxygen atoms in total. The zero-order valence-electron chi connectivity index (χ0n) is 25.3. The number of fused-ring (bicyclic) bond motifs is 1. The number of aliphatic hydroxyl groups excluding tert-OH is 1. The monoisotopic (exact) mass is 631 g/mol. The number of pyridine rings is 1. The van der Waals surface area contributed by atoms with E-state index < -0.39 is 34.9 Å². The van der Waals surface area contributed by atoms with Crippen LogP contribution in [0, 0.1) is 22.9 Å². The zero-order valence-corrected chi connectivity index (χ0v) is 25.3. The molecule has 0 saturated carbocycles. The Hall–Kier alpha value is -3.49.